The van der Waals surface area contributed by atoms with E-state index in [1.807, 2.05) is 12.4 Å². The van der Waals surface area contributed by atoms with Crippen molar-refractivity contribution in [2.24, 2.45) is 17.8 Å². The first kappa shape index (κ1) is 39.4. The van der Waals surface area contributed by atoms with E-state index in [0.717, 1.165) is 58.0 Å². The number of imidazole rings is 2. The topological polar surface area (TPSA) is 172 Å². The van der Waals surface area contributed by atoms with Crippen LogP contribution >= 0.6 is 0 Å². The van der Waals surface area contributed by atoms with E-state index >= 15 is 0 Å². The van der Waals surface area contributed by atoms with Crippen molar-refractivity contribution in [2.75, 3.05) is 34.1 Å². The summed E-state index contributed by atoms with van der Waals surface area (Å²) < 4.78 is 16.4. The van der Waals surface area contributed by atoms with Gasteiger partial charge in [-0.2, -0.15) is 0 Å². The molecular formula is C44H53N9O5. The number of alkyl carbamates (subject to hydrolysis) is 1. The predicted octanol–water partition coefficient (Wildman–Crippen LogP) is 6.80. The Bertz CT molecular complexity index is 2140. The Kier molecular flexibility index (Phi) is 11.9. The van der Waals surface area contributed by atoms with Gasteiger partial charge in [0.05, 0.1) is 68.1 Å². The van der Waals surface area contributed by atoms with Crippen LogP contribution in [0.5, 0.6) is 0 Å². The maximum atomic E-state index is 13.6. The molecule has 2 bridgehead atoms. The number of benzene rings is 2. The van der Waals surface area contributed by atoms with Crippen molar-refractivity contribution in [3.63, 3.8) is 0 Å². The number of hydrogen-bond donors (Lipinski definition) is 4. The van der Waals surface area contributed by atoms with Gasteiger partial charge in [0, 0.05) is 38.2 Å². The molecular weight excluding hydrogens is 735 g/mol. The van der Waals surface area contributed by atoms with Gasteiger partial charge in [-0.15, -0.1) is 0 Å². The number of ether oxygens (including phenoxy) is 3. The van der Waals surface area contributed by atoms with Gasteiger partial charge in [-0.05, 0) is 86.0 Å². The van der Waals surface area contributed by atoms with Crippen molar-refractivity contribution in [1.82, 2.24) is 45.4 Å². The lowest BCUT2D eigenvalue weighted by Gasteiger charge is -2.30. The summed E-state index contributed by atoms with van der Waals surface area (Å²) in [6.45, 7) is 5.57. The van der Waals surface area contributed by atoms with Crippen LogP contribution in [0.3, 0.4) is 0 Å². The molecule has 1 saturated heterocycles. The highest BCUT2D eigenvalue weighted by Gasteiger charge is 2.49. The second kappa shape index (κ2) is 17.6. The van der Waals surface area contributed by atoms with Crippen LogP contribution in [0.15, 0.2) is 79.5 Å². The van der Waals surface area contributed by atoms with E-state index in [9.17, 15) is 9.59 Å². The number of carbonyl (C=O) groups is 2. The molecule has 5 unspecified atom stereocenters. The molecule has 3 fully saturated rings. The average molecular weight is 788 g/mol. The number of rotatable bonds is 15. The van der Waals surface area contributed by atoms with Crippen LogP contribution in [-0.4, -0.2) is 93.1 Å². The molecule has 2 aromatic carbocycles. The molecule has 0 radical (unpaired) electrons. The monoisotopic (exact) mass is 787 g/mol. The smallest absolute Gasteiger partial charge is 0.407 e. The molecule has 3 aliphatic rings. The van der Waals surface area contributed by atoms with Gasteiger partial charge in [-0.3, -0.25) is 20.1 Å². The third kappa shape index (κ3) is 8.27. The van der Waals surface area contributed by atoms with Gasteiger partial charge in [0.15, 0.2) is 0 Å². The van der Waals surface area contributed by atoms with Gasteiger partial charge < -0.3 is 34.4 Å². The van der Waals surface area contributed by atoms with E-state index in [1.165, 1.54) is 33.5 Å². The van der Waals surface area contributed by atoms with Gasteiger partial charge in [-0.1, -0.05) is 48.5 Å². The molecule has 4 N–H and O–H groups in total. The Labute approximate surface area is 338 Å². The Balaban J connectivity index is 0.885. The Morgan fingerprint density at radius 2 is 1.48 bits per heavy atom. The van der Waals surface area contributed by atoms with Crippen molar-refractivity contribution in [2.45, 2.75) is 76.1 Å². The number of methoxy groups -OCH3 is 2. The quantitative estimate of drug-likeness (QED) is 0.0653. The summed E-state index contributed by atoms with van der Waals surface area (Å²) in [7, 11) is 2.78. The summed E-state index contributed by atoms with van der Waals surface area (Å²) in [5.74, 6) is 3.71. The molecule has 14 nitrogen and oxygen atoms in total. The Morgan fingerprint density at radius 3 is 2.14 bits per heavy atom. The number of hydrogen-bond acceptors (Lipinski definition) is 10. The summed E-state index contributed by atoms with van der Waals surface area (Å²) in [5.41, 5.74) is 7.13. The van der Waals surface area contributed by atoms with E-state index in [4.69, 9.17) is 19.2 Å². The predicted molar refractivity (Wildman–Crippen MR) is 218 cm³/mol. The van der Waals surface area contributed by atoms with Gasteiger partial charge in [0.2, 0.25) is 5.91 Å². The van der Waals surface area contributed by atoms with Crippen LogP contribution in [0.2, 0.25) is 0 Å². The van der Waals surface area contributed by atoms with Crippen molar-refractivity contribution < 1.29 is 23.8 Å². The highest BCUT2D eigenvalue weighted by molar-refractivity contribution is 5.87. The normalized spacial score (nSPS) is 22.8. The first-order chi connectivity index (χ1) is 28.3. The van der Waals surface area contributed by atoms with Crippen LogP contribution < -0.4 is 10.6 Å². The summed E-state index contributed by atoms with van der Waals surface area (Å²) >= 11 is 0. The van der Waals surface area contributed by atoms with E-state index < -0.39 is 18.2 Å². The van der Waals surface area contributed by atoms with Crippen LogP contribution in [0.25, 0.3) is 33.6 Å². The van der Waals surface area contributed by atoms with Gasteiger partial charge in [-0.25, -0.2) is 14.8 Å². The largest absolute Gasteiger partial charge is 0.453 e. The van der Waals surface area contributed by atoms with E-state index in [0.29, 0.717) is 49.4 Å². The Morgan fingerprint density at radius 1 is 0.828 bits per heavy atom. The lowest BCUT2D eigenvalue weighted by Crippen LogP contribution is -2.54. The van der Waals surface area contributed by atoms with Crippen molar-refractivity contribution in [1.29, 1.82) is 0 Å². The fraction of sp³-hybridized carbons (Fsp3) is 0.455. The number of fused-ring (bicyclic) bond motifs is 2. The zero-order valence-corrected chi connectivity index (χ0v) is 33.6. The molecule has 5 aromatic rings. The maximum Gasteiger partial charge on any atom is 0.407 e. The van der Waals surface area contributed by atoms with Crippen LogP contribution in [0.4, 0.5) is 4.79 Å². The molecule has 8 rings (SSSR count). The van der Waals surface area contributed by atoms with E-state index in [-0.39, 0.29) is 18.0 Å². The summed E-state index contributed by atoms with van der Waals surface area (Å²) in [6.07, 6.45) is 13.1. The zero-order chi connectivity index (χ0) is 40.2. The standard InChI is InChI=1S/C44H53N9O5/c1-26(35-21-45-17-18-46-35)49-25-58-24-34-32-15-16-33(20-32)39(34)42-48-23-37(51-42)31-13-9-29(10-14-31)28-7-11-30(12-8-28)36-22-47-41(50-36)38-6-5-19-53(38)43(54)40(27(2)56-3)52-44(55)57-4/h7-14,17-18,21-23,26-27,32-34,38-40,49H,5-6,15-16,19-20,24-25H2,1-4H3,(H,47,50)(H,48,51)(H,52,55)/t26?,27-,32?,33?,34?,38+,39?,40+/m1/s1. The number of aromatic nitrogens is 6. The molecule has 4 heterocycles. The number of nitrogens with zero attached hydrogens (tertiary/aromatic N) is 5. The molecule has 0 spiro atoms. The molecule has 2 saturated carbocycles. The lowest BCUT2D eigenvalue weighted by molar-refractivity contribution is -0.137. The number of H-pyrrole nitrogens is 2. The van der Waals surface area contributed by atoms with Crippen LogP contribution in [0, 0.1) is 17.8 Å². The third-order valence-corrected chi connectivity index (χ3v) is 12.6. The molecule has 304 valence electrons. The summed E-state index contributed by atoms with van der Waals surface area (Å²) in [5, 5.41) is 6.06. The number of amides is 2. The maximum absolute atomic E-state index is 13.6. The zero-order valence-electron chi connectivity index (χ0n) is 33.6. The summed E-state index contributed by atoms with van der Waals surface area (Å²) in [4.78, 5) is 52.8. The number of likely N-dealkylation sites (tertiary alicyclic amines) is 1. The molecule has 2 amide bonds. The fourth-order valence-corrected chi connectivity index (χ4v) is 9.28. The third-order valence-electron chi connectivity index (χ3n) is 12.6. The first-order valence-corrected chi connectivity index (χ1v) is 20.4. The molecule has 8 atom stereocenters. The molecule has 1 aliphatic heterocycles. The van der Waals surface area contributed by atoms with Crippen molar-refractivity contribution in [3.8, 4) is 33.6 Å². The minimum Gasteiger partial charge on any atom is -0.453 e. The fourth-order valence-electron chi connectivity index (χ4n) is 9.28. The van der Waals surface area contributed by atoms with Gasteiger partial charge in [0.25, 0.3) is 0 Å². The van der Waals surface area contributed by atoms with Crippen molar-refractivity contribution >= 4 is 12.0 Å². The summed E-state index contributed by atoms with van der Waals surface area (Å²) in [6, 6.07) is 16.0. The Hall–Kier alpha value is -5.44. The van der Waals surface area contributed by atoms with Crippen LogP contribution in [-0.2, 0) is 19.0 Å². The molecule has 14 heteroatoms. The highest BCUT2D eigenvalue weighted by atomic mass is 16.5. The minimum absolute atomic E-state index is 0.0684. The molecule has 3 aromatic heterocycles. The number of aromatic amines is 2. The highest BCUT2D eigenvalue weighted by Crippen LogP contribution is 2.56. The second-order valence-corrected chi connectivity index (χ2v) is 15.9. The molecule has 58 heavy (non-hydrogen) atoms. The first-order valence-electron chi connectivity index (χ1n) is 20.4. The van der Waals surface area contributed by atoms with Crippen LogP contribution in [0.1, 0.15) is 81.3 Å². The number of carbonyl (C=O) groups excluding carboxylic acids is 2. The van der Waals surface area contributed by atoms with Gasteiger partial charge in [0.1, 0.15) is 17.7 Å². The van der Waals surface area contributed by atoms with E-state index in [1.54, 1.807) is 30.4 Å². The second-order valence-electron chi connectivity index (χ2n) is 15.9. The minimum atomic E-state index is -0.878. The average Bonchev–Trinajstić information content (AvgIpc) is 4.13. The lowest BCUT2D eigenvalue weighted by atomic mass is 9.79. The SMILES string of the molecule is COC(=O)N[C@H](C(=O)N1CCC[C@H]1c1ncc(-c2ccc(-c3ccc(-c4cnc(C5C6CCC(C6)C5COCNC(C)c5cnccn5)[nH]4)cc3)cc2)[nH]1)[C@@H](C)OC. The number of nitrogens with one attached hydrogen (secondary N) is 4. The van der Waals surface area contributed by atoms with E-state index in [2.05, 4.69) is 91.0 Å². The molecule has 2 aliphatic carbocycles. The van der Waals surface area contributed by atoms with Gasteiger partial charge >= 0.3 is 6.09 Å². The van der Waals surface area contributed by atoms with Crippen molar-refractivity contribution in [3.05, 3.63) is 96.9 Å².